The van der Waals surface area contributed by atoms with E-state index in [1.807, 2.05) is 37.3 Å². The van der Waals surface area contributed by atoms with Crippen LogP contribution in [0.15, 0.2) is 70.6 Å². The quantitative estimate of drug-likeness (QED) is 0.232. The number of aryl methyl sites for hydroxylation is 1. The van der Waals surface area contributed by atoms with E-state index in [1.165, 1.54) is 17.6 Å². The number of nitrogens with one attached hydrogen (secondary N) is 1. The molecule has 1 aliphatic rings. The van der Waals surface area contributed by atoms with Crippen LogP contribution in [0, 0.1) is 12.3 Å². The van der Waals surface area contributed by atoms with Crippen LogP contribution in [0.1, 0.15) is 49.8 Å². The summed E-state index contributed by atoms with van der Waals surface area (Å²) in [5, 5.41) is 3.57. The van der Waals surface area contributed by atoms with E-state index in [9.17, 15) is 4.79 Å². The highest BCUT2D eigenvalue weighted by molar-refractivity contribution is 6.03. The highest BCUT2D eigenvalue weighted by atomic mass is 16.1. The zero-order valence-corrected chi connectivity index (χ0v) is 18.9. The summed E-state index contributed by atoms with van der Waals surface area (Å²) >= 11 is 0. The van der Waals surface area contributed by atoms with Crippen LogP contribution in [0.25, 0.3) is 28.0 Å². The predicted octanol–water partition coefficient (Wildman–Crippen LogP) is 5.19. The van der Waals surface area contributed by atoms with E-state index in [4.69, 9.17) is 11.6 Å². The van der Waals surface area contributed by atoms with Gasteiger partial charge < -0.3 is 16.6 Å². The van der Waals surface area contributed by atoms with Crippen molar-refractivity contribution in [1.29, 1.82) is 0 Å². The summed E-state index contributed by atoms with van der Waals surface area (Å²) < 4.78 is 0. The van der Waals surface area contributed by atoms with Crippen LogP contribution < -0.4 is 17.1 Å². The molecular formula is C27H30N4O. The number of hydrogen-bond donors (Lipinski definition) is 3. The third-order valence-corrected chi connectivity index (χ3v) is 6.33. The van der Waals surface area contributed by atoms with Gasteiger partial charge in [0.05, 0.1) is 5.56 Å². The molecule has 0 spiro atoms. The van der Waals surface area contributed by atoms with E-state index in [0.717, 1.165) is 35.2 Å². The smallest absolute Gasteiger partial charge is 0.260 e. The minimum absolute atomic E-state index is 0.0101. The Labute approximate surface area is 188 Å². The second-order valence-corrected chi connectivity index (χ2v) is 9.36. The molecule has 5 N–H and O–H groups in total. The van der Waals surface area contributed by atoms with Gasteiger partial charge in [-0.25, -0.2) is 0 Å². The summed E-state index contributed by atoms with van der Waals surface area (Å²) in [6.07, 6.45) is 5.75. The molecule has 2 aromatic carbocycles. The molecule has 0 unspecified atom stereocenters. The highest BCUT2D eigenvalue weighted by Crippen LogP contribution is 2.38. The Hall–Kier alpha value is -3.60. The maximum atomic E-state index is 13.0. The summed E-state index contributed by atoms with van der Waals surface area (Å²) in [6.45, 7) is 6.65. The molecule has 1 aliphatic carbocycles. The van der Waals surface area contributed by atoms with Crippen LogP contribution in [0.5, 0.6) is 0 Å². The Morgan fingerprint density at radius 3 is 2.22 bits per heavy atom. The number of nitrogens with zero attached hydrogens (tertiary/aromatic N) is 1. The Kier molecular flexibility index (Phi) is 5.74. The second-order valence-electron chi connectivity index (χ2n) is 9.36. The summed E-state index contributed by atoms with van der Waals surface area (Å²) in [6, 6.07) is 18.3. The fourth-order valence-corrected chi connectivity index (χ4v) is 4.20. The third-order valence-electron chi connectivity index (χ3n) is 6.33. The Morgan fingerprint density at radius 1 is 1.00 bits per heavy atom. The molecule has 0 bridgehead atoms. The van der Waals surface area contributed by atoms with Crippen molar-refractivity contribution in [3.63, 3.8) is 0 Å². The molecular weight excluding hydrogens is 396 g/mol. The molecule has 0 saturated carbocycles. The van der Waals surface area contributed by atoms with E-state index in [1.54, 1.807) is 0 Å². The molecule has 4 rings (SSSR count). The monoisotopic (exact) mass is 426 g/mol. The van der Waals surface area contributed by atoms with Gasteiger partial charge in [-0.3, -0.25) is 4.79 Å². The van der Waals surface area contributed by atoms with E-state index >= 15 is 0 Å². The average Bonchev–Trinajstić information content (AvgIpc) is 2.79. The van der Waals surface area contributed by atoms with E-state index in [0.29, 0.717) is 11.0 Å². The van der Waals surface area contributed by atoms with Crippen molar-refractivity contribution < 1.29 is 0 Å². The lowest BCUT2D eigenvalue weighted by Gasteiger charge is -2.28. The molecule has 0 amide bonds. The van der Waals surface area contributed by atoms with E-state index in [2.05, 4.69) is 54.3 Å². The fourth-order valence-electron chi connectivity index (χ4n) is 4.20. The molecule has 0 fully saturated rings. The van der Waals surface area contributed by atoms with Crippen molar-refractivity contribution >= 4 is 11.4 Å². The van der Waals surface area contributed by atoms with E-state index in [-0.39, 0.29) is 17.0 Å². The Bertz CT molecular complexity index is 1250. The lowest BCUT2D eigenvalue weighted by atomic mass is 9.77. The van der Waals surface area contributed by atoms with Crippen molar-refractivity contribution in [3.8, 4) is 22.4 Å². The lowest BCUT2D eigenvalue weighted by Crippen LogP contribution is -2.27. The predicted molar refractivity (Wildman–Crippen MR) is 133 cm³/mol. The summed E-state index contributed by atoms with van der Waals surface area (Å²) in [5.74, 6) is 5.41. The number of hydrazone groups is 1. The molecule has 0 atom stereocenters. The molecule has 5 nitrogen and oxygen atoms in total. The van der Waals surface area contributed by atoms with Crippen LogP contribution in [0.3, 0.4) is 0 Å². The number of allylic oxidation sites excluding steroid dienone is 2. The molecule has 3 aromatic rings. The van der Waals surface area contributed by atoms with Gasteiger partial charge in [-0.15, -0.1) is 0 Å². The minimum Gasteiger partial charge on any atom is -0.382 e. The second kappa shape index (κ2) is 8.50. The number of H-pyrrole nitrogens is 1. The first-order valence-electron chi connectivity index (χ1n) is 11.0. The van der Waals surface area contributed by atoms with Crippen molar-refractivity contribution in [2.24, 2.45) is 22.1 Å². The molecule has 32 heavy (non-hydrogen) atoms. The summed E-state index contributed by atoms with van der Waals surface area (Å²) in [7, 11) is 0. The van der Waals surface area contributed by atoms with Gasteiger partial charge >= 0.3 is 0 Å². The zero-order valence-electron chi connectivity index (χ0n) is 18.9. The fraction of sp³-hybridized carbons (Fsp3) is 0.259. The van der Waals surface area contributed by atoms with Crippen LogP contribution in [0.4, 0.5) is 0 Å². The van der Waals surface area contributed by atoms with Crippen LogP contribution in [0.2, 0.25) is 0 Å². The number of amidine groups is 1. The summed E-state index contributed by atoms with van der Waals surface area (Å²) in [5.41, 5.74) is 13.3. The lowest BCUT2D eigenvalue weighted by molar-refractivity contribution is 0.335. The largest absolute Gasteiger partial charge is 0.382 e. The van der Waals surface area contributed by atoms with Crippen LogP contribution >= 0.6 is 0 Å². The van der Waals surface area contributed by atoms with Gasteiger partial charge in [0.25, 0.3) is 5.56 Å². The number of aromatic amines is 1. The SMILES string of the molecule is Cc1ccc(-c2cc(-c3ccc(C4=CCC(C)(C)CC4)cc3)[nH]c(=O)c2/C(N)=N/N)cc1. The Balaban J connectivity index is 1.75. The number of benzene rings is 2. The maximum Gasteiger partial charge on any atom is 0.260 e. The maximum absolute atomic E-state index is 13.0. The van der Waals surface area contributed by atoms with Gasteiger partial charge in [-0.05, 0) is 59.9 Å². The first-order chi connectivity index (χ1) is 15.3. The number of aromatic nitrogens is 1. The van der Waals surface area contributed by atoms with Crippen LogP contribution in [-0.4, -0.2) is 10.8 Å². The van der Waals surface area contributed by atoms with Gasteiger partial charge in [0.2, 0.25) is 0 Å². The molecule has 0 radical (unpaired) electrons. The van der Waals surface area contributed by atoms with Gasteiger partial charge in [0.15, 0.2) is 5.84 Å². The number of nitrogens with two attached hydrogens (primary N) is 2. The van der Waals surface area contributed by atoms with Gasteiger partial charge in [-0.1, -0.05) is 74.0 Å². The first-order valence-corrected chi connectivity index (χ1v) is 11.0. The molecule has 1 heterocycles. The van der Waals surface area contributed by atoms with Crippen molar-refractivity contribution in [2.75, 3.05) is 0 Å². The summed E-state index contributed by atoms with van der Waals surface area (Å²) in [4.78, 5) is 15.9. The molecule has 5 heteroatoms. The van der Waals surface area contributed by atoms with Gasteiger partial charge in [0.1, 0.15) is 0 Å². The molecule has 0 aliphatic heterocycles. The molecule has 1 aromatic heterocycles. The molecule has 164 valence electrons. The van der Waals surface area contributed by atoms with Gasteiger partial charge in [-0.2, -0.15) is 5.10 Å². The van der Waals surface area contributed by atoms with Crippen molar-refractivity contribution in [1.82, 2.24) is 4.98 Å². The van der Waals surface area contributed by atoms with Crippen molar-refractivity contribution in [2.45, 2.75) is 40.0 Å². The zero-order chi connectivity index (χ0) is 22.9. The van der Waals surface area contributed by atoms with E-state index < -0.39 is 0 Å². The average molecular weight is 427 g/mol. The third kappa shape index (κ3) is 4.37. The number of hydrogen-bond acceptors (Lipinski definition) is 3. The number of rotatable bonds is 4. The van der Waals surface area contributed by atoms with Crippen LogP contribution in [-0.2, 0) is 0 Å². The highest BCUT2D eigenvalue weighted by Gasteiger charge is 2.22. The topological polar surface area (TPSA) is 97.3 Å². The van der Waals surface area contributed by atoms with Gasteiger partial charge in [0, 0.05) is 11.3 Å². The normalized spacial score (nSPS) is 16.0. The molecule has 0 saturated heterocycles. The van der Waals surface area contributed by atoms with Crippen molar-refractivity contribution in [3.05, 3.63) is 87.7 Å². The first kappa shape index (κ1) is 21.6. The number of pyridine rings is 1. The standard InChI is InChI=1S/C27H30N4O/c1-17-4-6-20(7-5-17)22-16-23(30-26(32)24(22)25(28)31-29)21-10-8-18(9-11-21)19-12-14-27(2,3)15-13-19/h4-12,16H,13-15,29H2,1-3H3,(H2,28,31)(H,30,32). The Morgan fingerprint density at radius 2 is 1.62 bits per heavy atom. The minimum atomic E-state index is -0.314.